The zero-order valence-corrected chi connectivity index (χ0v) is 19.8. The van der Waals surface area contributed by atoms with Gasteiger partial charge >= 0.3 is 6.03 Å². The number of benzene rings is 2. The second-order valence-corrected chi connectivity index (χ2v) is 8.37. The van der Waals surface area contributed by atoms with Crippen LogP contribution in [0.5, 0.6) is 0 Å². The first-order chi connectivity index (χ1) is 16.6. The molecule has 0 unspecified atom stereocenters. The molecule has 1 atom stereocenters. The van der Waals surface area contributed by atoms with E-state index in [2.05, 4.69) is 26.3 Å². The highest BCUT2D eigenvalue weighted by Crippen LogP contribution is 2.29. The number of nitrogen functional groups attached to an aromatic ring is 1. The molecule has 0 aliphatic carbocycles. The molecule has 4 rings (SSSR count). The number of amides is 2. The van der Waals surface area contributed by atoms with Crippen LogP contribution in [0, 0.1) is 0 Å². The molecule has 34 heavy (non-hydrogen) atoms. The lowest BCUT2D eigenvalue weighted by Crippen LogP contribution is -2.37. The standard InChI is InChI=1S/C26H32N6O2/c1-18(19-10-4-3-5-11-19)29-26(33)28-15-8-9-16-32-22(14-17-34-2)31-23-24(32)20-12-6-7-13-21(20)30-25(23)27/h3-7,10-13,18H,8-9,14-17H2,1-2H3,(H2,27,30)(H2,28,29,33)/t18-/m1/s1. The van der Waals surface area contributed by atoms with Crippen LogP contribution < -0.4 is 16.4 Å². The van der Waals surface area contributed by atoms with Crippen LogP contribution in [-0.2, 0) is 17.7 Å². The summed E-state index contributed by atoms with van der Waals surface area (Å²) in [6, 6.07) is 17.7. The lowest BCUT2D eigenvalue weighted by atomic mass is 10.1. The van der Waals surface area contributed by atoms with Gasteiger partial charge in [-0.05, 0) is 31.4 Å². The summed E-state index contributed by atoms with van der Waals surface area (Å²) in [6.45, 7) is 3.92. The van der Waals surface area contributed by atoms with E-state index in [1.54, 1.807) is 7.11 Å². The number of nitrogens with one attached hydrogen (secondary N) is 2. The number of unbranched alkanes of at least 4 members (excludes halogenated alkanes) is 1. The Balaban J connectivity index is 1.40. The summed E-state index contributed by atoms with van der Waals surface area (Å²) in [5, 5.41) is 6.98. The number of nitrogens with zero attached hydrogens (tertiary/aromatic N) is 3. The van der Waals surface area contributed by atoms with Gasteiger partial charge in [0.05, 0.1) is 23.7 Å². The van der Waals surface area contributed by atoms with Crippen molar-refractivity contribution in [1.29, 1.82) is 0 Å². The maximum atomic E-state index is 12.3. The van der Waals surface area contributed by atoms with Crippen molar-refractivity contribution >= 4 is 33.8 Å². The van der Waals surface area contributed by atoms with Crippen molar-refractivity contribution in [2.45, 2.75) is 38.8 Å². The largest absolute Gasteiger partial charge is 0.384 e. The Morgan fingerprint density at radius 2 is 1.85 bits per heavy atom. The predicted molar refractivity (Wildman–Crippen MR) is 136 cm³/mol. The smallest absolute Gasteiger partial charge is 0.315 e. The maximum absolute atomic E-state index is 12.3. The van der Waals surface area contributed by atoms with E-state index in [1.165, 1.54) is 0 Å². The second kappa shape index (κ2) is 11.0. The number of imidazole rings is 1. The highest BCUT2D eigenvalue weighted by molar-refractivity contribution is 6.06. The van der Waals surface area contributed by atoms with Gasteiger partial charge < -0.3 is 25.7 Å². The summed E-state index contributed by atoms with van der Waals surface area (Å²) < 4.78 is 7.52. The minimum atomic E-state index is -0.157. The fourth-order valence-corrected chi connectivity index (χ4v) is 4.20. The molecule has 4 N–H and O–H groups in total. The molecular weight excluding hydrogens is 428 g/mol. The Labute approximate surface area is 199 Å². The number of methoxy groups -OCH3 is 1. The topological polar surface area (TPSA) is 107 Å². The normalized spacial score (nSPS) is 12.2. The van der Waals surface area contributed by atoms with Crippen molar-refractivity contribution in [2.75, 3.05) is 26.0 Å². The average Bonchev–Trinajstić information content (AvgIpc) is 3.22. The summed E-state index contributed by atoms with van der Waals surface area (Å²) in [5.41, 5.74) is 9.93. The van der Waals surface area contributed by atoms with Gasteiger partial charge in [-0.2, -0.15) is 0 Å². The molecule has 0 aliphatic heterocycles. The van der Waals surface area contributed by atoms with E-state index in [1.807, 2.05) is 55.5 Å². The minimum absolute atomic E-state index is 0.0470. The summed E-state index contributed by atoms with van der Waals surface area (Å²) >= 11 is 0. The van der Waals surface area contributed by atoms with Crippen molar-refractivity contribution < 1.29 is 9.53 Å². The van der Waals surface area contributed by atoms with Crippen LogP contribution in [-0.4, -0.2) is 40.8 Å². The molecule has 2 aromatic heterocycles. The monoisotopic (exact) mass is 460 g/mol. The molecule has 4 aromatic rings. The lowest BCUT2D eigenvalue weighted by molar-refractivity contribution is 0.199. The number of nitrogens with two attached hydrogens (primary N) is 1. The van der Waals surface area contributed by atoms with Gasteiger partial charge in [0.2, 0.25) is 0 Å². The van der Waals surface area contributed by atoms with Crippen LogP contribution in [0.25, 0.3) is 21.9 Å². The zero-order valence-electron chi connectivity index (χ0n) is 19.8. The fraction of sp³-hybridized carbons (Fsp3) is 0.346. The summed E-state index contributed by atoms with van der Waals surface area (Å²) in [6.07, 6.45) is 2.42. The number of hydrogen-bond donors (Lipinski definition) is 3. The van der Waals surface area contributed by atoms with E-state index < -0.39 is 0 Å². The first kappa shape index (κ1) is 23.5. The molecule has 2 aromatic carbocycles. The number of urea groups is 1. The first-order valence-electron chi connectivity index (χ1n) is 11.7. The van der Waals surface area contributed by atoms with Crippen LogP contribution in [0.2, 0.25) is 0 Å². The average molecular weight is 461 g/mol. The highest BCUT2D eigenvalue weighted by atomic mass is 16.5. The van der Waals surface area contributed by atoms with E-state index >= 15 is 0 Å². The van der Waals surface area contributed by atoms with E-state index in [-0.39, 0.29) is 12.1 Å². The Kier molecular flexibility index (Phi) is 7.59. The van der Waals surface area contributed by atoms with Gasteiger partial charge in [-0.15, -0.1) is 0 Å². The summed E-state index contributed by atoms with van der Waals surface area (Å²) in [5.74, 6) is 1.38. The molecular formula is C26H32N6O2. The number of hydrogen-bond acceptors (Lipinski definition) is 5. The first-order valence-corrected chi connectivity index (χ1v) is 11.7. The third-order valence-electron chi connectivity index (χ3n) is 5.96. The molecule has 8 nitrogen and oxygen atoms in total. The molecule has 2 amide bonds. The Morgan fingerprint density at radius 1 is 1.09 bits per heavy atom. The molecule has 0 saturated heterocycles. The zero-order chi connectivity index (χ0) is 23.9. The van der Waals surface area contributed by atoms with Crippen molar-refractivity contribution in [3.05, 3.63) is 66.0 Å². The highest BCUT2D eigenvalue weighted by Gasteiger charge is 2.17. The van der Waals surface area contributed by atoms with Crippen LogP contribution in [0.1, 0.15) is 37.2 Å². The molecule has 0 bridgehead atoms. The van der Waals surface area contributed by atoms with Gasteiger partial charge in [-0.25, -0.2) is 14.8 Å². The van der Waals surface area contributed by atoms with Gasteiger partial charge in [0, 0.05) is 32.0 Å². The molecule has 2 heterocycles. The molecule has 0 radical (unpaired) electrons. The molecule has 8 heteroatoms. The van der Waals surface area contributed by atoms with Crippen LogP contribution in [0.15, 0.2) is 54.6 Å². The fourth-order valence-electron chi connectivity index (χ4n) is 4.20. The van der Waals surface area contributed by atoms with Gasteiger partial charge in [-0.3, -0.25) is 0 Å². The Bertz CT molecular complexity index is 1250. The van der Waals surface area contributed by atoms with Crippen molar-refractivity contribution in [3.8, 4) is 0 Å². The van der Waals surface area contributed by atoms with Crippen LogP contribution in [0.3, 0.4) is 0 Å². The predicted octanol–water partition coefficient (Wildman–Crippen LogP) is 4.20. The number of carbonyl (C=O) groups excluding carboxylic acids is 1. The number of anilines is 1. The number of para-hydroxylation sites is 1. The van der Waals surface area contributed by atoms with Crippen LogP contribution >= 0.6 is 0 Å². The summed E-state index contributed by atoms with van der Waals surface area (Å²) in [4.78, 5) is 21.6. The third kappa shape index (κ3) is 5.28. The van der Waals surface area contributed by atoms with Crippen molar-refractivity contribution in [3.63, 3.8) is 0 Å². The summed E-state index contributed by atoms with van der Waals surface area (Å²) in [7, 11) is 1.69. The number of ether oxygens (including phenoxy) is 1. The molecule has 0 aliphatic rings. The number of aryl methyl sites for hydroxylation is 1. The van der Waals surface area contributed by atoms with Gasteiger partial charge in [-0.1, -0.05) is 48.5 Å². The third-order valence-corrected chi connectivity index (χ3v) is 5.96. The number of pyridine rings is 1. The van der Waals surface area contributed by atoms with Crippen LogP contribution in [0.4, 0.5) is 10.6 Å². The van der Waals surface area contributed by atoms with Gasteiger partial charge in [0.1, 0.15) is 11.3 Å². The van der Waals surface area contributed by atoms with E-state index in [0.717, 1.165) is 52.7 Å². The lowest BCUT2D eigenvalue weighted by Gasteiger charge is -2.15. The van der Waals surface area contributed by atoms with Crippen molar-refractivity contribution in [2.24, 2.45) is 0 Å². The van der Waals surface area contributed by atoms with E-state index in [4.69, 9.17) is 15.5 Å². The number of fused-ring (bicyclic) bond motifs is 3. The minimum Gasteiger partial charge on any atom is -0.384 e. The van der Waals surface area contributed by atoms with E-state index in [0.29, 0.717) is 25.4 Å². The Hall–Kier alpha value is -3.65. The van der Waals surface area contributed by atoms with Gasteiger partial charge in [0.15, 0.2) is 5.82 Å². The van der Waals surface area contributed by atoms with Crippen molar-refractivity contribution in [1.82, 2.24) is 25.2 Å². The number of aromatic nitrogens is 3. The quantitative estimate of drug-likeness (QED) is 0.308. The second-order valence-electron chi connectivity index (χ2n) is 8.37. The number of carbonyl (C=O) groups is 1. The molecule has 0 saturated carbocycles. The molecule has 0 spiro atoms. The van der Waals surface area contributed by atoms with E-state index in [9.17, 15) is 4.79 Å². The molecule has 0 fully saturated rings. The maximum Gasteiger partial charge on any atom is 0.315 e. The Morgan fingerprint density at radius 3 is 2.65 bits per heavy atom. The SMILES string of the molecule is COCCc1nc2c(N)nc3ccccc3c2n1CCCCNC(=O)N[C@H](C)c1ccccc1. The number of rotatable bonds is 10. The van der Waals surface area contributed by atoms with Gasteiger partial charge in [0.25, 0.3) is 0 Å². The molecule has 178 valence electrons.